The topological polar surface area (TPSA) is 59.3 Å². The molecule has 0 bridgehead atoms. The van der Waals surface area contributed by atoms with Gasteiger partial charge in [0.05, 0.1) is 27.5 Å². The summed E-state index contributed by atoms with van der Waals surface area (Å²) >= 11 is 13.4. The van der Waals surface area contributed by atoms with Crippen LogP contribution in [-0.2, 0) is 11.3 Å². The van der Waals surface area contributed by atoms with Gasteiger partial charge in [0.2, 0.25) is 0 Å². The number of nitrogens with one attached hydrogen (secondary N) is 1. The first-order chi connectivity index (χ1) is 13.0. The zero-order chi connectivity index (χ0) is 19.4. The molecule has 140 valence electrons. The molecular formula is C19H18Cl2N4OS. The van der Waals surface area contributed by atoms with Crippen molar-refractivity contribution in [1.29, 1.82) is 0 Å². The fourth-order valence-electron chi connectivity index (χ4n) is 2.62. The lowest BCUT2D eigenvalue weighted by Gasteiger charge is -2.06. The number of aryl methyl sites for hydroxylation is 1. The maximum absolute atomic E-state index is 12.2. The van der Waals surface area contributed by atoms with Crippen molar-refractivity contribution >= 4 is 57.6 Å². The number of imidazole rings is 1. The van der Waals surface area contributed by atoms with Gasteiger partial charge in [-0.3, -0.25) is 4.79 Å². The van der Waals surface area contributed by atoms with Gasteiger partial charge in [-0.2, -0.15) is 5.10 Å². The Bertz CT molecular complexity index is 1020. The van der Waals surface area contributed by atoms with Gasteiger partial charge in [-0.25, -0.2) is 10.4 Å². The first kappa shape index (κ1) is 19.7. The van der Waals surface area contributed by atoms with Gasteiger partial charge >= 0.3 is 0 Å². The lowest BCUT2D eigenvalue weighted by atomic mass is 10.1. The monoisotopic (exact) mass is 420 g/mol. The smallest absolute Gasteiger partial charge is 0.250 e. The molecule has 1 N–H and O–H groups in total. The Labute approximate surface area is 171 Å². The predicted octanol–water partition coefficient (Wildman–Crippen LogP) is 5.00. The zero-order valence-electron chi connectivity index (χ0n) is 14.9. The van der Waals surface area contributed by atoms with Crippen LogP contribution in [0.25, 0.3) is 11.0 Å². The second-order valence-corrected chi connectivity index (χ2v) is 7.56. The van der Waals surface area contributed by atoms with Gasteiger partial charge in [0.1, 0.15) is 0 Å². The van der Waals surface area contributed by atoms with E-state index in [0.29, 0.717) is 15.8 Å². The zero-order valence-corrected chi connectivity index (χ0v) is 17.2. The molecule has 27 heavy (non-hydrogen) atoms. The number of hydrogen-bond donors (Lipinski definition) is 1. The number of aromatic nitrogens is 2. The molecule has 2 aromatic carbocycles. The number of halogens is 2. The van der Waals surface area contributed by atoms with E-state index >= 15 is 0 Å². The summed E-state index contributed by atoms with van der Waals surface area (Å²) in [5.74, 6) is 0.00759. The maximum Gasteiger partial charge on any atom is 0.250 e. The summed E-state index contributed by atoms with van der Waals surface area (Å²) in [5, 5.41) is 5.99. The molecule has 0 aliphatic heterocycles. The molecular weight excluding hydrogens is 403 g/mol. The Kier molecular flexibility index (Phi) is 6.42. The van der Waals surface area contributed by atoms with Crippen LogP contribution < -0.4 is 5.43 Å². The van der Waals surface area contributed by atoms with Crippen LogP contribution in [0.1, 0.15) is 19.4 Å². The van der Waals surface area contributed by atoms with Crippen molar-refractivity contribution in [3.8, 4) is 0 Å². The summed E-state index contributed by atoms with van der Waals surface area (Å²) in [4.78, 5) is 16.8. The first-order valence-electron chi connectivity index (χ1n) is 8.36. The average molecular weight is 421 g/mol. The molecule has 0 fully saturated rings. The lowest BCUT2D eigenvalue weighted by molar-refractivity contribution is -0.118. The molecule has 0 aliphatic rings. The number of carbonyl (C=O) groups excluding carboxylic acids is 1. The average Bonchev–Trinajstić information content (AvgIpc) is 3.02. The maximum atomic E-state index is 12.2. The molecule has 8 heteroatoms. The number of fused-ring (bicyclic) bond motifs is 1. The van der Waals surface area contributed by atoms with Crippen molar-refractivity contribution in [3.63, 3.8) is 0 Å². The third-order valence-corrected chi connectivity index (χ3v) is 5.46. The number of carbonyl (C=O) groups is 1. The number of hydrazone groups is 1. The Balaban J connectivity index is 1.65. The highest BCUT2D eigenvalue weighted by Gasteiger charge is 2.12. The van der Waals surface area contributed by atoms with Crippen molar-refractivity contribution in [3.05, 3.63) is 58.1 Å². The summed E-state index contributed by atoms with van der Waals surface area (Å²) < 4.78 is 2.09. The van der Waals surface area contributed by atoms with Crippen molar-refractivity contribution in [2.75, 3.05) is 5.75 Å². The molecule has 5 nitrogen and oxygen atoms in total. The van der Waals surface area contributed by atoms with Gasteiger partial charge in [-0.15, -0.1) is 0 Å². The normalized spacial score (nSPS) is 11.8. The molecule has 3 aromatic rings. The summed E-state index contributed by atoms with van der Waals surface area (Å²) in [6.45, 7) is 4.62. The van der Waals surface area contributed by atoms with E-state index in [1.807, 2.05) is 24.3 Å². The fraction of sp³-hybridized carbons (Fsp3) is 0.211. The number of amides is 1. The minimum Gasteiger partial charge on any atom is -0.319 e. The van der Waals surface area contributed by atoms with Gasteiger partial charge in [0.25, 0.3) is 5.91 Å². The van der Waals surface area contributed by atoms with Gasteiger partial charge < -0.3 is 4.57 Å². The highest BCUT2D eigenvalue weighted by Crippen LogP contribution is 2.24. The van der Waals surface area contributed by atoms with Crippen LogP contribution in [0.15, 0.2) is 52.7 Å². The van der Waals surface area contributed by atoms with Crippen molar-refractivity contribution < 1.29 is 4.79 Å². The Morgan fingerprint density at radius 2 is 2.04 bits per heavy atom. The molecule has 0 spiro atoms. The van der Waals surface area contributed by atoms with Crippen LogP contribution in [-0.4, -0.2) is 26.9 Å². The molecule has 0 atom stereocenters. The van der Waals surface area contributed by atoms with E-state index in [0.717, 1.165) is 28.3 Å². The van der Waals surface area contributed by atoms with E-state index in [-0.39, 0.29) is 11.7 Å². The van der Waals surface area contributed by atoms with Crippen LogP contribution in [0.4, 0.5) is 0 Å². The van der Waals surface area contributed by atoms with Gasteiger partial charge in [0.15, 0.2) is 5.16 Å². The highest BCUT2D eigenvalue weighted by atomic mass is 35.5. The van der Waals surface area contributed by atoms with E-state index in [4.69, 9.17) is 23.2 Å². The number of hydrogen-bond acceptors (Lipinski definition) is 4. The second kappa shape index (κ2) is 8.78. The minimum atomic E-state index is -0.209. The summed E-state index contributed by atoms with van der Waals surface area (Å²) in [7, 11) is 0. The Hall–Kier alpha value is -2.02. The van der Waals surface area contributed by atoms with Crippen LogP contribution in [0.5, 0.6) is 0 Å². The molecule has 1 amide bonds. The van der Waals surface area contributed by atoms with Gasteiger partial charge in [0, 0.05) is 17.1 Å². The van der Waals surface area contributed by atoms with Crippen molar-refractivity contribution in [2.24, 2.45) is 5.10 Å². The molecule has 1 aromatic heterocycles. The van der Waals surface area contributed by atoms with E-state index in [2.05, 4.69) is 27.0 Å². The van der Waals surface area contributed by atoms with Crippen LogP contribution in [0, 0.1) is 0 Å². The molecule has 3 rings (SSSR count). The van der Waals surface area contributed by atoms with Gasteiger partial charge in [-0.05, 0) is 38.1 Å². The third kappa shape index (κ3) is 4.64. The van der Waals surface area contributed by atoms with Crippen LogP contribution in [0.2, 0.25) is 10.0 Å². The van der Waals surface area contributed by atoms with E-state index in [1.165, 1.54) is 11.8 Å². The molecule has 0 saturated heterocycles. The summed E-state index contributed by atoms with van der Waals surface area (Å²) in [6, 6.07) is 13.1. The van der Waals surface area contributed by atoms with Gasteiger partial charge in [-0.1, -0.05) is 53.2 Å². The number of benzene rings is 2. The Morgan fingerprint density at radius 1 is 1.26 bits per heavy atom. The quantitative estimate of drug-likeness (QED) is 0.346. The fourth-order valence-corrected chi connectivity index (χ4v) is 4.04. The van der Waals surface area contributed by atoms with Crippen LogP contribution in [0.3, 0.4) is 0 Å². The van der Waals surface area contributed by atoms with E-state index in [9.17, 15) is 4.79 Å². The molecule has 1 heterocycles. The Morgan fingerprint density at radius 3 is 2.78 bits per heavy atom. The first-order valence-corrected chi connectivity index (χ1v) is 10.1. The standard InChI is InChI=1S/C19H18Cl2N4OS/c1-3-25-17-7-5-4-6-16(17)22-19(25)27-11-18(26)24-23-12(2)14-9-8-13(20)10-15(14)21/h4-10H,3,11H2,1-2H3,(H,24,26)/b23-12+. The van der Waals surface area contributed by atoms with E-state index < -0.39 is 0 Å². The second-order valence-electron chi connectivity index (χ2n) is 5.77. The largest absolute Gasteiger partial charge is 0.319 e. The molecule has 0 radical (unpaired) electrons. The SMILES string of the molecule is CCn1c(SCC(=O)N/N=C(\C)c2ccc(Cl)cc2Cl)nc2ccccc21. The lowest BCUT2D eigenvalue weighted by Crippen LogP contribution is -2.21. The number of nitrogens with zero attached hydrogens (tertiary/aromatic N) is 3. The summed E-state index contributed by atoms with van der Waals surface area (Å²) in [6.07, 6.45) is 0. The summed E-state index contributed by atoms with van der Waals surface area (Å²) in [5.41, 5.74) is 5.88. The number of thioether (sulfide) groups is 1. The highest BCUT2D eigenvalue weighted by molar-refractivity contribution is 7.99. The number of para-hydroxylation sites is 2. The van der Waals surface area contributed by atoms with Crippen molar-refractivity contribution in [1.82, 2.24) is 15.0 Å². The van der Waals surface area contributed by atoms with E-state index in [1.54, 1.807) is 25.1 Å². The number of rotatable bonds is 6. The minimum absolute atomic E-state index is 0.209. The predicted molar refractivity (Wildman–Crippen MR) is 113 cm³/mol. The third-order valence-electron chi connectivity index (χ3n) is 3.94. The van der Waals surface area contributed by atoms with Crippen LogP contribution >= 0.6 is 35.0 Å². The molecule has 0 aliphatic carbocycles. The molecule has 0 saturated carbocycles. The van der Waals surface area contributed by atoms with Crippen molar-refractivity contribution in [2.45, 2.75) is 25.5 Å². The molecule has 0 unspecified atom stereocenters.